The quantitative estimate of drug-likeness (QED) is 0.171. The predicted octanol–water partition coefficient (Wildman–Crippen LogP) is 7.63. The number of tetrazole rings is 1. The molecule has 7 nitrogen and oxygen atoms in total. The largest absolute Gasteiger partial charge is 0.416 e. The van der Waals surface area contributed by atoms with Gasteiger partial charge in [0.1, 0.15) is 0 Å². The van der Waals surface area contributed by atoms with E-state index in [-0.39, 0.29) is 23.1 Å². The third-order valence-corrected chi connectivity index (χ3v) is 6.77. The highest BCUT2D eigenvalue weighted by molar-refractivity contribution is 5.68. The molecule has 0 saturated carbocycles. The van der Waals surface area contributed by atoms with Crippen molar-refractivity contribution >= 4 is 5.95 Å². The first-order valence-electron chi connectivity index (χ1n) is 13.1. The molecule has 45 heavy (non-hydrogen) atoms. The van der Waals surface area contributed by atoms with Crippen LogP contribution in [0.15, 0.2) is 72.9 Å². The summed E-state index contributed by atoms with van der Waals surface area (Å²) in [6.45, 7) is 0.610. The molecule has 0 radical (unpaired) electrons. The van der Waals surface area contributed by atoms with E-state index in [2.05, 4.69) is 20.5 Å². The van der Waals surface area contributed by atoms with Crippen LogP contribution in [0.5, 0.6) is 0 Å². The van der Waals surface area contributed by atoms with Crippen molar-refractivity contribution in [1.82, 2.24) is 30.0 Å². The van der Waals surface area contributed by atoms with E-state index >= 15 is 0 Å². The van der Waals surface area contributed by atoms with Crippen LogP contribution >= 0.6 is 0 Å². The van der Waals surface area contributed by atoms with E-state index in [0.29, 0.717) is 29.1 Å². The highest BCUT2D eigenvalue weighted by atomic mass is 19.4. The van der Waals surface area contributed by atoms with Crippen LogP contribution in [-0.4, -0.2) is 30.0 Å². The highest BCUT2D eigenvalue weighted by Crippen LogP contribution is 2.38. The summed E-state index contributed by atoms with van der Waals surface area (Å²) in [5, 5.41) is 16.1. The fraction of sp³-hybridized carbons (Fsp3) is 0.241. The molecule has 0 bridgehead atoms. The number of alkyl halides is 9. The molecule has 0 unspecified atom stereocenters. The van der Waals surface area contributed by atoms with Crippen molar-refractivity contribution in [2.45, 2.75) is 38.5 Å². The summed E-state index contributed by atoms with van der Waals surface area (Å²) in [5.41, 5.74) is -2.68. The molecule has 0 aliphatic heterocycles. The third-order valence-electron chi connectivity index (χ3n) is 6.77. The van der Waals surface area contributed by atoms with Crippen molar-refractivity contribution in [3.8, 4) is 16.9 Å². The van der Waals surface area contributed by atoms with Crippen molar-refractivity contribution in [1.29, 1.82) is 0 Å². The van der Waals surface area contributed by atoms with Gasteiger partial charge in [0.25, 0.3) is 5.95 Å². The van der Waals surface area contributed by atoms with Crippen LogP contribution in [0.25, 0.3) is 16.9 Å². The lowest BCUT2D eigenvalue weighted by atomic mass is 9.98. The number of anilines is 1. The molecule has 0 spiro atoms. The number of aromatic nitrogens is 6. The predicted molar refractivity (Wildman–Crippen MR) is 144 cm³/mol. The lowest BCUT2D eigenvalue weighted by molar-refractivity contribution is -0.143. The summed E-state index contributed by atoms with van der Waals surface area (Å²) >= 11 is 0. The van der Waals surface area contributed by atoms with Crippen LogP contribution in [0, 0.1) is 6.92 Å². The van der Waals surface area contributed by atoms with E-state index in [4.69, 9.17) is 0 Å². The molecule has 0 atom stereocenters. The first-order valence-corrected chi connectivity index (χ1v) is 13.1. The Kier molecular flexibility index (Phi) is 8.10. The van der Waals surface area contributed by atoms with Gasteiger partial charge in [0.15, 0.2) is 0 Å². The Labute approximate surface area is 249 Å². The first kappa shape index (κ1) is 31.5. The Morgan fingerprint density at radius 1 is 0.711 bits per heavy atom. The van der Waals surface area contributed by atoms with Crippen molar-refractivity contribution in [2.75, 3.05) is 4.90 Å². The monoisotopic (exact) mass is 639 g/mol. The van der Waals surface area contributed by atoms with Crippen molar-refractivity contribution in [3.05, 3.63) is 106 Å². The molecule has 0 N–H and O–H groups in total. The first-order chi connectivity index (χ1) is 21.0. The molecule has 0 saturated heterocycles. The minimum atomic E-state index is -5.10. The highest BCUT2D eigenvalue weighted by Gasteiger charge is 2.37. The molecule has 0 fully saturated rings. The van der Waals surface area contributed by atoms with Gasteiger partial charge in [-0.05, 0) is 71.3 Å². The van der Waals surface area contributed by atoms with E-state index in [0.717, 1.165) is 21.8 Å². The van der Waals surface area contributed by atoms with Gasteiger partial charge in [0.05, 0.1) is 35.1 Å². The average molecular weight is 640 g/mol. The fourth-order valence-corrected chi connectivity index (χ4v) is 4.71. The van der Waals surface area contributed by atoms with E-state index in [1.165, 1.54) is 17.8 Å². The lowest BCUT2D eigenvalue weighted by Gasteiger charge is -2.24. The van der Waals surface area contributed by atoms with Gasteiger partial charge in [-0.15, -0.1) is 5.10 Å². The normalized spacial score (nSPS) is 12.5. The fourth-order valence-electron chi connectivity index (χ4n) is 4.71. The van der Waals surface area contributed by atoms with Crippen LogP contribution in [0.4, 0.5) is 45.5 Å². The van der Waals surface area contributed by atoms with Crippen LogP contribution < -0.4 is 4.90 Å². The number of hydrogen-bond donors (Lipinski definition) is 0. The topological polar surface area (TPSA) is 64.7 Å². The summed E-state index contributed by atoms with van der Waals surface area (Å²) in [6, 6.07) is 12.9. The number of para-hydroxylation sites is 1. The zero-order valence-electron chi connectivity index (χ0n) is 23.4. The number of hydrogen-bond acceptors (Lipinski definition) is 5. The van der Waals surface area contributed by atoms with Crippen molar-refractivity contribution in [3.63, 3.8) is 0 Å². The van der Waals surface area contributed by atoms with Gasteiger partial charge in [-0.2, -0.15) is 49.4 Å². The molecule has 16 heteroatoms. The lowest BCUT2D eigenvalue weighted by Crippen LogP contribution is -2.25. The molecule has 3 aromatic carbocycles. The Bertz CT molecular complexity index is 1770. The molecular formula is C29H22F9N7. The van der Waals surface area contributed by atoms with Gasteiger partial charge in [0, 0.05) is 24.8 Å². The summed E-state index contributed by atoms with van der Waals surface area (Å²) < 4.78 is 125. The maximum atomic E-state index is 13.8. The zero-order chi connectivity index (χ0) is 32.7. The third kappa shape index (κ3) is 7.10. The second-order valence-corrected chi connectivity index (χ2v) is 10.2. The minimum absolute atomic E-state index is 0.00877. The molecule has 5 rings (SSSR count). The Hall–Kier alpha value is -4.89. The van der Waals surface area contributed by atoms with Gasteiger partial charge in [-0.3, -0.25) is 0 Å². The zero-order valence-corrected chi connectivity index (χ0v) is 23.4. The Balaban J connectivity index is 1.63. The molecule has 236 valence electrons. The maximum Gasteiger partial charge on any atom is 0.416 e. The Morgan fingerprint density at radius 3 is 1.89 bits per heavy atom. The number of aryl methyl sites for hydroxylation is 2. The second-order valence-electron chi connectivity index (χ2n) is 10.2. The van der Waals surface area contributed by atoms with E-state index in [1.54, 1.807) is 43.5 Å². The van der Waals surface area contributed by atoms with Gasteiger partial charge < -0.3 is 4.90 Å². The summed E-state index contributed by atoms with van der Waals surface area (Å²) in [6.07, 6.45) is -13.3. The molecule has 2 heterocycles. The SMILES string of the molecule is Cc1cn(-c2ccccc2)nc1-c1ccc(C(F)(F)F)cc1CN(Cc1cc(C(F)(F)F)cc(C(F)(F)F)c1)c1nnn(C)n1. The molecular weight excluding hydrogens is 617 g/mol. The van der Waals surface area contributed by atoms with Gasteiger partial charge >= 0.3 is 18.5 Å². The number of benzene rings is 3. The standard InChI is InChI=1S/C29H22F9N7/c1-17-14-45(23-6-4-3-5-7-23)40-25(17)24-9-8-20(27(30,31)32)12-19(24)16-44(26-39-42-43(2)41-26)15-18-10-21(28(33,34)35)13-22(11-18)29(36,37)38/h3-14H,15-16H2,1-2H3. The van der Waals surface area contributed by atoms with Crippen molar-refractivity contribution in [2.24, 2.45) is 7.05 Å². The number of rotatable bonds is 7. The van der Waals surface area contributed by atoms with Crippen molar-refractivity contribution < 1.29 is 39.5 Å². The van der Waals surface area contributed by atoms with Gasteiger partial charge in [0.2, 0.25) is 0 Å². The van der Waals surface area contributed by atoms with E-state index in [9.17, 15) is 39.5 Å². The Morgan fingerprint density at radius 2 is 1.33 bits per heavy atom. The van der Waals surface area contributed by atoms with Crippen LogP contribution in [-0.2, 0) is 38.7 Å². The van der Waals surface area contributed by atoms with Crippen LogP contribution in [0.1, 0.15) is 33.4 Å². The van der Waals surface area contributed by atoms with E-state index in [1.807, 2.05) is 0 Å². The summed E-state index contributed by atoms with van der Waals surface area (Å²) in [5.74, 6) is -0.238. The number of nitrogens with zero attached hydrogens (tertiary/aromatic N) is 7. The minimum Gasteiger partial charge on any atom is -0.330 e. The summed E-state index contributed by atoms with van der Waals surface area (Å²) in [7, 11) is 1.37. The molecule has 0 amide bonds. The number of halogens is 9. The smallest absolute Gasteiger partial charge is 0.330 e. The average Bonchev–Trinajstić information content (AvgIpc) is 3.57. The molecule has 5 aromatic rings. The van der Waals surface area contributed by atoms with Gasteiger partial charge in [-0.25, -0.2) is 4.68 Å². The van der Waals surface area contributed by atoms with Crippen LogP contribution in [0.3, 0.4) is 0 Å². The molecule has 2 aromatic heterocycles. The molecule has 0 aliphatic rings. The maximum absolute atomic E-state index is 13.8. The van der Waals surface area contributed by atoms with E-state index < -0.39 is 53.9 Å². The summed E-state index contributed by atoms with van der Waals surface area (Å²) in [4.78, 5) is 2.14. The molecule has 0 aliphatic carbocycles. The van der Waals surface area contributed by atoms with Crippen LogP contribution in [0.2, 0.25) is 0 Å². The second kappa shape index (κ2) is 11.6. The van der Waals surface area contributed by atoms with Gasteiger partial charge in [-0.1, -0.05) is 29.4 Å².